The van der Waals surface area contributed by atoms with Gasteiger partial charge in [0, 0.05) is 42.5 Å². The van der Waals surface area contributed by atoms with E-state index in [0.717, 1.165) is 53.1 Å². The van der Waals surface area contributed by atoms with E-state index in [2.05, 4.69) is 15.3 Å². The van der Waals surface area contributed by atoms with Crippen LogP contribution in [0.15, 0.2) is 73.1 Å². The summed E-state index contributed by atoms with van der Waals surface area (Å²) in [6, 6.07) is 19.8. The van der Waals surface area contributed by atoms with Gasteiger partial charge in [0.05, 0.1) is 0 Å². The minimum Gasteiger partial charge on any atom is -0.337 e. The Balaban J connectivity index is 1.36. The first-order valence-corrected chi connectivity index (χ1v) is 11.0. The molecule has 1 aliphatic heterocycles. The third-order valence-corrected chi connectivity index (χ3v) is 6.03. The van der Waals surface area contributed by atoms with Gasteiger partial charge in [0.1, 0.15) is 17.3 Å². The van der Waals surface area contributed by atoms with Crippen molar-refractivity contribution in [1.82, 2.24) is 19.9 Å². The Labute approximate surface area is 187 Å². The zero-order chi connectivity index (χ0) is 21.9. The number of rotatable bonds is 4. The van der Waals surface area contributed by atoms with Gasteiger partial charge in [0.2, 0.25) is 0 Å². The highest BCUT2D eigenvalue weighted by Crippen LogP contribution is 2.29. The molecule has 1 amide bonds. The molecule has 4 aromatic rings. The van der Waals surface area contributed by atoms with Crippen molar-refractivity contribution < 1.29 is 4.79 Å². The Hall–Kier alpha value is -3.80. The second-order valence-corrected chi connectivity index (χ2v) is 8.21. The van der Waals surface area contributed by atoms with Crippen LogP contribution in [0.25, 0.3) is 10.8 Å². The van der Waals surface area contributed by atoms with E-state index in [1.807, 2.05) is 72.5 Å². The number of nitrogens with zero attached hydrogens (tertiary/aromatic N) is 4. The maximum absolute atomic E-state index is 13.4. The van der Waals surface area contributed by atoms with Crippen molar-refractivity contribution in [2.75, 3.05) is 18.4 Å². The quantitative estimate of drug-likeness (QED) is 0.495. The van der Waals surface area contributed by atoms with Crippen molar-refractivity contribution in [2.24, 2.45) is 0 Å². The van der Waals surface area contributed by atoms with Crippen molar-refractivity contribution in [2.45, 2.75) is 25.7 Å². The number of anilines is 2. The number of hydrogen-bond acceptors (Lipinski definition) is 5. The number of fused-ring (bicyclic) bond motifs is 1. The average Bonchev–Trinajstić information content (AvgIpc) is 2.85. The summed E-state index contributed by atoms with van der Waals surface area (Å²) in [5.41, 5.74) is 2.58. The molecule has 0 spiro atoms. The molecular formula is C26H25N5O. The first kappa shape index (κ1) is 20.1. The van der Waals surface area contributed by atoms with E-state index in [9.17, 15) is 4.79 Å². The molecule has 160 valence electrons. The first-order valence-electron chi connectivity index (χ1n) is 11.0. The Kier molecular flexibility index (Phi) is 5.50. The number of likely N-dealkylation sites (tertiary alicyclic amines) is 1. The minimum absolute atomic E-state index is 0.00936. The summed E-state index contributed by atoms with van der Waals surface area (Å²) in [5, 5.41) is 5.25. The van der Waals surface area contributed by atoms with E-state index in [0.29, 0.717) is 12.2 Å². The van der Waals surface area contributed by atoms with Crippen molar-refractivity contribution in [3.05, 3.63) is 90.0 Å². The van der Waals surface area contributed by atoms with Gasteiger partial charge in [-0.25, -0.2) is 9.97 Å². The summed E-state index contributed by atoms with van der Waals surface area (Å²) < 4.78 is 0. The van der Waals surface area contributed by atoms with Crippen LogP contribution >= 0.6 is 0 Å². The third-order valence-electron chi connectivity index (χ3n) is 6.03. The maximum Gasteiger partial charge on any atom is 0.273 e. The molecule has 1 atom stereocenters. The minimum atomic E-state index is -0.00936. The Morgan fingerprint density at radius 3 is 2.81 bits per heavy atom. The number of nitrogens with one attached hydrogen (secondary N) is 1. The fourth-order valence-electron chi connectivity index (χ4n) is 4.33. The molecule has 6 heteroatoms. The number of aryl methyl sites for hydroxylation is 1. The molecule has 0 saturated carbocycles. The maximum atomic E-state index is 13.4. The first-order chi connectivity index (χ1) is 15.7. The second-order valence-electron chi connectivity index (χ2n) is 8.21. The van der Waals surface area contributed by atoms with Crippen LogP contribution in [0.5, 0.6) is 0 Å². The highest BCUT2D eigenvalue weighted by Gasteiger charge is 2.28. The summed E-state index contributed by atoms with van der Waals surface area (Å²) in [7, 11) is 0. The molecule has 6 nitrogen and oxygen atoms in total. The number of carbonyl (C=O) groups is 1. The molecule has 1 aromatic carbocycles. The van der Waals surface area contributed by atoms with Gasteiger partial charge in [-0.2, -0.15) is 0 Å². The molecule has 0 aliphatic carbocycles. The Morgan fingerprint density at radius 2 is 1.91 bits per heavy atom. The summed E-state index contributed by atoms with van der Waals surface area (Å²) in [6.07, 6.45) is 5.43. The highest BCUT2D eigenvalue weighted by atomic mass is 16.2. The van der Waals surface area contributed by atoms with Crippen LogP contribution in [-0.4, -0.2) is 38.8 Å². The number of hydrogen-bond donors (Lipinski definition) is 1. The number of pyridine rings is 3. The molecule has 1 N–H and O–H groups in total. The zero-order valence-corrected chi connectivity index (χ0v) is 18.0. The summed E-state index contributed by atoms with van der Waals surface area (Å²) in [6.45, 7) is 3.40. The fourth-order valence-corrected chi connectivity index (χ4v) is 4.33. The van der Waals surface area contributed by atoms with Gasteiger partial charge >= 0.3 is 0 Å². The topological polar surface area (TPSA) is 71.0 Å². The van der Waals surface area contributed by atoms with Gasteiger partial charge in [0.25, 0.3) is 5.91 Å². The normalized spacial score (nSPS) is 16.2. The van der Waals surface area contributed by atoms with Crippen molar-refractivity contribution in [1.29, 1.82) is 0 Å². The zero-order valence-electron chi connectivity index (χ0n) is 18.0. The third kappa shape index (κ3) is 4.04. The number of aromatic nitrogens is 3. The van der Waals surface area contributed by atoms with Crippen molar-refractivity contribution in [3.63, 3.8) is 0 Å². The molecule has 0 unspecified atom stereocenters. The van der Waals surface area contributed by atoms with E-state index >= 15 is 0 Å². The highest BCUT2D eigenvalue weighted by molar-refractivity contribution is 6.05. The fraction of sp³-hybridized carbons (Fsp3) is 0.231. The lowest BCUT2D eigenvalue weighted by Gasteiger charge is -2.32. The predicted molar refractivity (Wildman–Crippen MR) is 126 cm³/mol. The lowest BCUT2D eigenvalue weighted by atomic mass is 9.93. The van der Waals surface area contributed by atoms with Gasteiger partial charge < -0.3 is 10.2 Å². The Morgan fingerprint density at radius 1 is 1.00 bits per heavy atom. The van der Waals surface area contributed by atoms with Crippen LogP contribution in [0, 0.1) is 6.92 Å². The second kappa shape index (κ2) is 8.75. The number of piperidine rings is 1. The molecule has 5 rings (SSSR count). The van der Waals surface area contributed by atoms with E-state index in [4.69, 9.17) is 4.98 Å². The van der Waals surface area contributed by atoms with E-state index < -0.39 is 0 Å². The number of benzene rings is 1. The van der Waals surface area contributed by atoms with Crippen LogP contribution in [0.3, 0.4) is 0 Å². The van der Waals surface area contributed by atoms with E-state index in [1.54, 1.807) is 12.4 Å². The lowest BCUT2D eigenvalue weighted by Crippen LogP contribution is -2.39. The smallest absolute Gasteiger partial charge is 0.273 e. The van der Waals surface area contributed by atoms with Gasteiger partial charge in [-0.1, -0.05) is 36.4 Å². The molecule has 0 bridgehead atoms. The standard InChI is InChI=1S/C26H25N5O/c1-18-7-5-14-28-25(18)30-23-12-4-11-22(29-23)20-9-6-16-31(17-20)26(32)24-21-10-3-2-8-19(21)13-15-27-24/h2-5,7-8,10-15,20H,6,9,16-17H2,1H3,(H,28,29,30)/t20-/m0/s1. The van der Waals surface area contributed by atoms with Crippen LogP contribution in [0.4, 0.5) is 11.6 Å². The summed E-state index contributed by atoms with van der Waals surface area (Å²) in [5.74, 6) is 1.75. The predicted octanol–water partition coefficient (Wildman–Crippen LogP) is 5.10. The average molecular weight is 424 g/mol. The van der Waals surface area contributed by atoms with Crippen LogP contribution in [0.2, 0.25) is 0 Å². The molecule has 4 heterocycles. The molecule has 3 aromatic heterocycles. The van der Waals surface area contributed by atoms with Crippen molar-refractivity contribution in [3.8, 4) is 0 Å². The van der Waals surface area contributed by atoms with E-state index in [1.165, 1.54) is 0 Å². The van der Waals surface area contributed by atoms with Crippen LogP contribution in [-0.2, 0) is 0 Å². The molecule has 1 aliphatic rings. The number of amides is 1. The molecular weight excluding hydrogens is 398 g/mol. The lowest BCUT2D eigenvalue weighted by molar-refractivity contribution is 0.0702. The summed E-state index contributed by atoms with van der Waals surface area (Å²) in [4.78, 5) is 29.0. The van der Waals surface area contributed by atoms with Crippen LogP contribution in [0.1, 0.15) is 40.5 Å². The Bertz CT molecular complexity index is 1270. The largest absolute Gasteiger partial charge is 0.337 e. The van der Waals surface area contributed by atoms with Crippen molar-refractivity contribution >= 4 is 28.3 Å². The molecule has 1 fully saturated rings. The monoisotopic (exact) mass is 423 g/mol. The molecule has 1 saturated heterocycles. The van der Waals surface area contributed by atoms with Gasteiger partial charge in [0.15, 0.2) is 0 Å². The SMILES string of the molecule is Cc1cccnc1Nc1cccc([C@H]2CCCN(C(=O)c3nccc4ccccc34)C2)n1. The van der Waals surface area contributed by atoms with Gasteiger partial charge in [-0.3, -0.25) is 9.78 Å². The summed E-state index contributed by atoms with van der Waals surface area (Å²) >= 11 is 0. The van der Waals surface area contributed by atoms with Gasteiger partial charge in [-0.05, 0) is 55.0 Å². The van der Waals surface area contributed by atoms with Crippen LogP contribution < -0.4 is 5.32 Å². The van der Waals surface area contributed by atoms with E-state index in [-0.39, 0.29) is 11.8 Å². The molecule has 32 heavy (non-hydrogen) atoms. The number of carbonyl (C=O) groups excluding carboxylic acids is 1. The molecule has 0 radical (unpaired) electrons. The van der Waals surface area contributed by atoms with Gasteiger partial charge in [-0.15, -0.1) is 0 Å².